The van der Waals surface area contributed by atoms with Crippen LogP contribution in [0.2, 0.25) is 0 Å². The average molecular weight is 728 g/mol. The van der Waals surface area contributed by atoms with Crippen molar-refractivity contribution in [1.29, 1.82) is 0 Å². The monoisotopic (exact) mass is 728 g/mol. The van der Waals surface area contributed by atoms with Gasteiger partial charge in [-0.15, -0.1) is 0 Å². The molecule has 0 saturated heterocycles. The highest BCUT2D eigenvalue weighted by atomic mass is 16.3. The number of amides is 1. The molecule has 0 radical (unpaired) electrons. The smallest absolute Gasteiger partial charge is 0.220 e. The number of carbonyl (C=O) groups excluding carboxylic acids is 1. The molecular weight excluding hydrogens is 639 g/mol. The first-order valence-corrected chi connectivity index (χ1v) is 22.8. The van der Waals surface area contributed by atoms with E-state index in [0.717, 1.165) is 57.8 Å². The van der Waals surface area contributed by atoms with Crippen LogP contribution >= 0.6 is 0 Å². The van der Waals surface area contributed by atoms with Gasteiger partial charge in [-0.3, -0.25) is 4.79 Å². The first-order valence-electron chi connectivity index (χ1n) is 22.8. The number of allylic oxidation sites excluding steroid dienone is 8. The van der Waals surface area contributed by atoms with Gasteiger partial charge in [-0.1, -0.05) is 223 Å². The van der Waals surface area contributed by atoms with E-state index in [1.165, 1.54) is 148 Å². The zero-order valence-corrected chi connectivity index (χ0v) is 34.8. The summed E-state index contributed by atoms with van der Waals surface area (Å²) in [5, 5.41) is 23.2. The molecule has 0 heterocycles. The van der Waals surface area contributed by atoms with Crippen LogP contribution < -0.4 is 5.32 Å². The zero-order chi connectivity index (χ0) is 37.8. The third kappa shape index (κ3) is 39.6. The topological polar surface area (TPSA) is 69.6 Å². The van der Waals surface area contributed by atoms with Gasteiger partial charge in [0.2, 0.25) is 5.91 Å². The minimum Gasteiger partial charge on any atom is -0.394 e. The molecule has 0 aromatic rings. The number of aliphatic hydroxyl groups is 2. The Morgan fingerprint density at radius 3 is 1.23 bits per heavy atom. The Morgan fingerprint density at radius 1 is 0.481 bits per heavy atom. The lowest BCUT2D eigenvalue weighted by Crippen LogP contribution is -2.45. The number of nitrogens with one attached hydrogen (secondary N) is 1. The van der Waals surface area contributed by atoms with Gasteiger partial charge >= 0.3 is 0 Å². The van der Waals surface area contributed by atoms with Crippen molar-refractivity contribution >= 4 is 5.91 Å². The molecule has 4 heteroatoms. The van der Waals surface area contributed by atoms with Crippen LogP contribution in [0, 0.1) is 0 Å². The number of hydrogen-bond donors (Lipinski definition) is 3. The molecule has 2 unspecified atom stereocenters. The van der Waals surface area contributed by atoms with E-state index in [-0.39, 0.29) is 12.5 Å². The highest BCUT2D eigenvalue weighted by molar-refractivity contribution is 5.76. The molecule has 2 atom stereocenters. The van der Waals surface area contributed by atoms with Crippen molar-refractivity contribution in [3.8, 4) is 0 Å². The van der Waals surface area contributed by atoms with Gasteiger partial charge in [-0.25, -0.2) is 0 Å². The summed E-state index contributed by atoms with van der Waals surface area (Å²) in [6.07, 6.45) is 59.2. The predicted octanol–water partition coefficient (Wildman–Crippen LogP) is 14.4. The van der Waals surface area contributed by atoms with Crippen LogP contribution in [0.15, 0.2) is 48.6 Å². The van der Waals surface area contributed by atoms with E-state index in [1.807, 2.05) is 0 Å². The molecule has 0 bridgehead atoms. The van der Waals surface area contributed by atoms with E-state index in [2.05, 4.69) is 67.8 Å². The second kappa shape index (κ2) is 43.8. The molecule has 304 valence electrons. The van der Waals surface area contributed by atoms with Crippen molar-refractivity contribution in [1.82, 2.24) is 5.32 Å². The molecule has 0 aromatic heterocycles. The van der Waals surface area contributed by atoms with Gasteiger partial charge in [0.05, 0.1) is 18.8 Å². The summed E-state index contributed by atoms with van der Waals surface area (Å²) in [6.45, 7) is 4.23. The van der Waals surface area contributed by atoms with Crippen molar-refractivity contribution in [2.24, 2.45) is 0 Å². The lowest BCUT2D eigenvalue weighted by molar-refractivity contribution is -0.123. The summed E-state index contributed by atoms with van der Waals surface area (Å²) >= 11 is 0. The van der Waals surface area contributed by atoms with Crippen molar-refractivity contribution < 1.29 is 15.0 Å². The lowest BCUT2D eigenvalue weighted by atomic mass is 10.0. The highest BCUT2D eigenvalue weighted by Crippen LogP contribution is 2.16. The molecule has 0 saturated carbocycles. The van der Waals surface area contributed by atoms with Gasteiger partial charge in [-0.05, 0) is 51.4 Å². The molecule has 4 nitrogen and oxygen atoms in total. The van der Waals surface area contributed by atoms with Crippen LogP contribution in [0.3, 0.4) is 0 Å². The Bertz CT molecular complexity index is 831. The van der Waals surface area contributed by atoms with Crippen LogP contribution in [0.4, 0.5) is 0 Å². The first kappa shape index (κ1) is 50.4. The molecule has 52 heavy (non-hydrogen) atoms. The fraction of sp³-hybridized carbons (Fsp3) is 0.812. The Labute approximate surface area is 324 Å². The number of hydrogen-bond acceptors (Lipinski definition) is 3. The zero-order valence-electron chi connectivity index (χ0n) is 34.8. The number of rotatable bonds is 41. The van der Waals surface area contributed by atoms with Gasteiger partial charge < -0.3 is 15.5 Å². The third-order valence-corrected chi connectivity index (χ3v) is 10.4. The van der Waals surface area contributed by atoms with Gasteiger partial charge in [0, 0.05) is 6.42 Å². The van der Waals surface area contributed by atoms with Crippen molar-refractivity contribution in [2.75, 3.05) is 6.61 Å². The standard InChI is InChI=1S/C48H89NO3/c1-3-5-7-9-11-13-15-17-19-20-21-22-23-24-25-26-27-28-30-31-33-35-37-39-41-43-47(51)46(45-50)49-48(52)44-42-40-38-36-34-32-29-18-16-14-12-10-8-6-4-2/h6,8,12,14,18,29,34,36,46-47,50-51H,3-5,7,9-11,13,15-17,19-28,30-33,35,37-45H2,1-2H3,(H,49,52)/b8-6-,14-12-,29-18-,36-34-. The summed E-state index contributed by atoms with van der Waals surface area (Å²) in [5.41, 5.74) is 0. The molecule has 0 rings (SSSR count). The fourth-order valence-corrected chi connectivity index (χ4v) is 6.88. The number of aliphatic hydroxyl groups excluding tert-OH is 2. The fourth-order valence-electron chi connectivity index (χ4n) is 6.88. The van der Waals surface area contributed by atoms with Gasteiger partial charge in [0.15, 0.2) is 0 Å². The molecule has 0 aliphatic heterocycles. The Balaban J connectivity index is 3.52. The minimum absolute atomic E-state index is 0.0712. The van der Waals surface area contributed by atoms with Gasteiger partial charge in [-0.2, -0.15) is 0 Å². The minimum atomic E-state index is -0.678. The van der Waals surface area contributed by atoms with Crippen molar-refractivity contribution in [3.05, 3.63) is 48.6 Å². The Kier molecular flexibility index (Phi) is 42.4. The van der Waals surface area contributed by atoms with E-state index in [1.54, 1.807) is 0 Å². The van der Waals surface area contributed by atoms with Gasteiger partial charge in [0.1, 0.15) is 0 Å². The average Bonchev–Trinajstić information content (AvgIpc) is 3.15. The van der Waals surface area contributed by atoms with Crippen LogP contribution in [0.1, 0.15) is 232 Å². The summed E-state index contributed by atoms with van der Waals surface area (Å²) in [6, 6.07) is -0.559. The normalized spacial score (nSPS) is 13.4. The van der Waals surface area contributed by atoms with Gasteiger partial charge in [0.25, 0.3) is 0 Å². The second-order valence-electron chi connectivity index (χ2n) is 15.4. The van der Waals surface area contributed by atoms with Crippen LogP contribution in [0.5, 0.6) is 0 Å². The Hall–Kier alpha value is -1.65. The van der Waals surface area contributed by atoms with Crippen molar-refractivity contribution in [3.63, 3.8) is 0 Å². The second-order valence-corrected chi connectivity index (χ2v) is 15.4. The number of carbonyl (C=O) groups is 1. The molecular formula is C48H89NO3. The molecule has 0 fully saturated rings. The third-order valence-electron chi connectivity index (χ3n) is 10.4. The maximum absolute atomic E-state index is 12.4. The molecule has 0 aliphatic carbocycles. The predicted molar refractivity (Wildman–Crippen MR) is 230 cm³/mol. The molecule has 0 spiro atoms. The lowest BCUT2D eigenvalue weighted by Gasteiger charge is -2.22. The van der Waals surface area contributed by atoms with E-state index in [4.69, 9.17) is 0 Å². The van der Waals surface area contributed by atoms with E-state index in [9.17, 15) is 15.0 Å². The van der Waals surface area contributed by atoms with Crippen molar-refractivity contribution in [2.45, 2.75) is 244 Å². The number of unbranched alkanes of at least 4 members (excludes halogenated alkanes) is 26. The summed E-state index contributed by atoms with van der Waals surface area (Å²) in [7, 11) is 0. The van der Waals surface area contributed by atoms with Crippen LogP contribution in [-0.4, -0.2) is 34.9 Å². The SMILES string of the molecule is CC/C=C\C/C=C\C/C=C\C/C=C\CCCCC(=O)NC(CO)C(O)CCCCCCCCCCCCCCCCCCCCCCCCCCC. The largest absolute Gasteiger partial charge is 0.394 e. The van der Waals surface area contributed by atoms with E-state index < -0.39 is 12.1 Å². The Morgan fingerprint density at radius 2 is 0.846 bits per heavy atom. The molecule has 0 aliphatic rings. The summed E-state index contributed by atoms with van der Waals surface area (Å²) < 4.78 is 0. The summed E-state index contributed by atoms with van der Waals surface area (Å²) in [4.78, 5) is 12.4. The highest BCUT2D eigenvalue weighted by Gasteiger charge is 2.19. The maximum Gasteiger partial charge on any atom is 0.220 e. The van der Waals surface area contributed by atoms with Crippen LogP contribution in [0.25, 0.3) is 0 Å². The molecule has 3 N–H and O–H groups in total. The van der Waals surface area contributed by atoms with E-state index >= 15 is 0 Å². The molecule has 1 amide bonds. The first-order chi connectivity index (χ1) is 25.7. The van der Waals surface area contributed by atoms with E-state index in [0.29, 0.717) is 12.8 Å². The van der Waals surface area contributed by atoms with Crippen LogP contribution in [-0.2, 0) is 4.79 Å². The molecule has 0 aromatic carbocycles. The summed E-state index contributed by atoms with van der Waals surface area (Å²) in [5.74, 6) is -0.0712. The quantitative estimate of drug-likeness (QED) is 0.0434. The maximum atomic E-state index is 12.4.